The molecule has 0 aromatic rings. The lowest BCUT2D eigenvalue weighted by molar-refractivity contribution is -0.121. The fourth-order valence-corrected chi connectivity index (χ4v) is 9.93. The van der Waals surface area contributed by atoms with Crippen molar-refractivity contribution in [3.63, 3.8) is 0 Å². The van der Waals surface area contributed by atoms with E-state index in [0.29, 0.717) is 13.2 Å². The van der Waals surface area contributed by atoms with Crippen molar-refractivity contribution in [2.45, 2.75) is 310 Å². The van der Waals surface area contributed by atoms with Gasteiger partial charge in [0.1, 0.15) is 13.2 Å². The molecule has 0 heterocycles. The Morgan fingerprint density at radius 1 is 0.333 bits per heavy atom. The van der Waals surface area contributed by atoms with Gasteiger partial charge in [0.15, 0.2) is 0 Å². The quantitative estimate of drug-likeness (QED) is 0.0350. The summed E-state index contributed by atoms with van der Waals surface area (Å²) in [6.45, 7) is 11.8. The van der Waals surface area contributed by atoms with E-state index >= 15 is 0 Å². The summed E-state index contributed by atoms with van der Waals surface area (Å²) in [6.07, 6.45) is 43.6. The molecule has 4 amide bonds. The van der Waals surface area contributed by atoms with Gasteiger partial charge in [0.2, 0.25) is 23.6 Å². The molecule has 0 spiro atoms. The lowest BCUT2D eigenvalue weighted by Gasteiger charge is -2.25. The summed E-state index contributed by atoms with van der Waals surface area (Å²) in [4.78, 5) is 47.6. The largest absolute Gasteiger partial charge is 0.697 e. The van der Waals surface area contributed by atoms with Gasteiger partial charge in [-0.05, 0) is 51.4 Å². The lowest BCUT2D eigenvalue weighted by Crippen LogP contribution is -2.42. The van der Waals surface area contributed by atoms with Gasteiger partial charge in [-0.15, -0.1) is 9.05 Å². The van der Waals surface area contributed by atoms with E-state index in [4.69, 9.17) is 9.05 Å². The first-order valence-corrected chi connectivity index (χ1v) is 28.9. The Balaban J connectivity index is 3.85. The van der Waals surface area contributed by atoms with Crippen molar-refractivity contribution < 1.29 is 32.8 Å². The van der Waals surface area contributed by atoms with Gasteiger partial charge in [-0.25, -0.2) is 0 Å². The van der Waals surface area contributed by atoms with Crippen LogP contribution in [0.5, 0.6) is 0 Å². The average molecular weight is 954 g/mol. The minimum Gasteiger partial charge on any atom is -0.354 e. The number of unbranched alkanes of at least 4 members (excludes halogenated alkanes) is 28. The number of amides is 4. The van der Waals surface area contributed by atoms with Crippen molar-refractivity contribution >= 4 is 31.9 Å². The Labute approximate surface area is 407 Å². The van der Waals surface area contributed by atoms with Gasteiger partial charge in [-0.2, -0.15) is 0 Å². The van der Waals surface area contributed by atoms with Crippen LogP contribution in [0.3, 0.4) is 0 Å². The number of carbonyl (C=O) groups is 4. The topological polar surface area (TPSA) is 152 Å². The van der Waals surface area contributed by atoms with Gasteiger partial charge in [-0.1, -0.05) is 206 Å². The Kier molecular flexibility index (Phi) is 46.4. The minimum atomic E-state index is -2.03. The molecular formula is C54H106N4O7P+. The normalized spacial score (nSPS) is 13.5. The van der Waals surface area contributed by atoms with Crippen LogP contribution in [0.25, 0.3) is 0 Å². The SMILES string of the molecule is CCCCCCCCC(CC(CCCCCCCCCCCCO[P+](=O)OCCCCCCCCCCCCC(CC(CCCCCCCC)NC(C)=O)NC(C)=O)NC(C)=O)NC(C)=O. The summed E-state index contributed by atoms with van der Waals surface area (Å²) in [6, 6.07) is 0.468. The van der Waals surface area contributed by atoms with Crippen LogP contribution in [0.1, 0.15) is 286 Å². The molecule has 4 atom stereocenters. The Morgan fingerprint density at radius 3 is 0.742 bits per heavy atom. The molecule has 0 aliphatic rings. The number of nitrogens with one attached hydrogen (secondary N) is 4. The van der Waals surface area contributed by atoms with Gasteiger partial charge in [-0.3, -0.25) is 19.2 Å². The molecule has 0 aliphatic carbocycles. The number of carbonyl (C=O) groups excluding carboxylic acids is 4. The molecule has 0 saturated carbocycles. The summed E-state index contributed by atoms with van der Waals surface area (Å²) < 4.78 is 23.0. The lowest BCUT2D eigenvalue weighted by atomic mass is 9.96. The summed E-state index contributed by atoms with van der Waals surface area (Å²) in [7, 11) is -2.03. The highest BCUT2D eigenvalue weighted by Crippen LogP contribution is 2.25. The molecule has 0 aliphatic heterocycles. The molecule has 0 saturated heterocycles. The van der Waals surface area contributed by atoms with E-state index in [2.05, 4.69) is 35.1 Å². The van der Waals surface area contributed by atoms with Crippen molar-refractivity contribution in [1.82, 2.24) is 21.3 Å². The van der Waals surface area contributed by atoms with Gasteiger partial charge >= 0.3 is 8.25 Å². The van der Waals surface area contributed by atoms with Crippen molar-refractivity contribution in [3.05, 3.63) is 0 Å². The van der Waals surface area contributed by atoms with Crippen molar-refractivity contribution in [2.75, 3.05) is 13.2 Å². The van der Waals surface area contributed by atoms with Gasteiger partial charge < -0.3 is 21.3 Å². The first-order valence-electron chi connectivity index (χ1n) is 27.8. The molecule has 12 heteroatoms. The number of hydrogen-bond donors (Lipinski definition) is 4. The molecule has 0 rings (SSSR count). The van der Waals surface area contributed by atoms with Crippen LogP contribution in [-0.2, 0) is 32.8 Å². The first-order chi connectivity index (χ1) is 32.0. The van der Waals surface area contributed by atoms with Crippen LogP contribution in [0.4, 0.5) is 0 Å². The summed E-state index contributed by atoms with van der Waals surface area (Å²) in [5, 5.41) is 12.6. The predicted molar refractivity (Wildman–Crippen MR) is 277 cm³/mol. The van der Waals surface area contributed by atoms with Gasteiger partial charge in [0, 0.05) is 56.4 Å². The minimum absolute atomic E-state index is 0.00922. The fraction of sp³-hybridized carbons (Fsp3) is 0.926. The molecule has 11 nitrogen and oxygen atoms in total. The zero-order chi connectivity index (χ0) is 48.7. The highest BCUT2D eigenvalue weighted by molar-refractivity contribution is 7.33. The molecule has 0 bridgehead atoms. The molecule has 0 aromatic heterocycles. The molecule has 4 N–H and O–H groups in total. The third-order valence-corrected chi connectivity index (χ3v) is 13.7. The second kappa shape index (κ2) is 47.9. The van der Waals surface area contributed by atoms with E-state index < -0.39 is 8.25 Å². The Morgan fingerprint density at radius 2 is 0.530 bits per heavy atom. The fourth-order valence-electron chi connectivity index (χ4n) is 9.30. The summed E-state index contributed by atoms with van der Waals surface area (Å²) >= 11 is 0. The van der Waals surface area contributed by atoms with Crippen molar-refractivity contribution in [2.24, 2.45) is 0 Å². The third kappa shape index (κ3) is 47.0. The van der Waals surface area contributed by atoms with Crippen LogP contribution < -0.4 is 21.3 Å². The zero-order valence-electron chi connectivity index (χ0n) is 43.9. The molecule has 4 unspecified atom stereocenters. The molecular weight excluding hydrogens is 848 g/mol. The summed E-state index contributed by atoms with van der Waals surface area (Å²) in [5.74, 6) is 0.0442. The maximum absolute atomic E-state index is 12.1. The number of rotatable bonds is 50. The van der Waals surface area contributed by atoms with Gasteiger partial charge in [0.25, 0.3) is 0 Å². The van der Waals surface area contributed by atoms with Crippen LogP contribution in [0.15, 0.2) is 0 Å². The molecule has 388 valence electrons. The van der Waals surface area contributed by atoms with E-state index in [9.17, 15) is 23.7 Å². The molecule has 0 fully saturated rings. The first kappa shape index (κ1) is 63.9. The maximum atomic E-state index is 12.1. The van der Waals surface area contributed by atoms with E-state index in [1.165, 1.54) is 154 Å². The smallest absolute Gasteiger partial charge is 0.354 e. The zero-order valence-corrected chi connectivity index (χ0v) is 44.8. The monoisotopic (exact) mass is 954 g/mol. The summed E-state index contributed by atoms with van der Waals surface area (Å²) in [5.41, 5.74) is 0. The Bertz CT molecular complexity index is 1090. The van der Waals surface area contributed by atoms with E-state index in [1.807, 2.05) is 0 Å². The van der Waals surface area contributed by atoms with Crippen LogP contribution in [0.2, 0.25) is 0 Å². The highest BCUT2D eigenvalue weighted by atomic mass is 31.1. The standard InChI is InChI=1S/C54H105N4O7P/c1-7-9-11-13-27-33-39-51(55-47(3)59)45-53(57-49(5)61)41-35-29-23-19-15-17-21-25-31-37-43-64-66(63)65-44-38-32-26-22-18-16-20-24-30-36-42-54(58-50(6)62)46-52(56-48(4)60)40-34-28-14-12-10-8-2/h51-54H,7-46H2,1-6H3,(H3-,55,56,57,58,59,60,61,62)/p+1. The van der Waals surface area contributed by atoms with E-state index in [1.54, 1.807) is 27.7 Å². The maximum Gasteiger partial charge on any atom is 0.697 e. The predicted octanol–water partition coefficient (Wildman–Crippen LogP) is 14.6. The molecule has 0 radical (unpaired) electrons. The second-order valence-corrected chi connectivity index (χ2v) is 20.7. The third-order valence-electron chi connectivity index (χ3n) is 12.9. The molecule has 0 aromatic carbocycles. The average Bonchev–Trinajstić information content (AvgIpc) is 3.25. The van der Waals surface area contributed by atoms with Crippen LogP contribution in [0, 0.1) is 0 Å². The van der Waals surface area contributed by atoms with Crippen LogP contribution in [-0.4, -0.2) is 61.0 Å². The Hall–Kier alpha value is -2.10. The molecule has 66 heavy (non-hydrogen) atoms. The van der Waals surface area contributed by atoms with Crippen molar-refractivity contribution in [3.8, 4) is 0 Å². The van der Waals surface area contributed by atoms with Crippen LogP contribution >= 0.6 is 8.25 Å². The van der Waals surface area contributed by atoms with Crippen molar-refractivity contribution in [1.29, 1.82) is 0 Å². The second-order valence-electron chi connectivity index (χ2n) is 19.7. The highest BCUT2D eigenvalue weighted by Gasteiger charge is 2.21. The van der Waals surface area contributed by atoms with E-state index in [0.717, 1.165) is 89.9 Å². The van der Waals surface area contributed by atoms with E-state index in [-0.39, 0.29) is 47.8 Å². The number of hydrogen-bond acceptors (Lipinski definition) is 7. The van der Waals surface area contributed by atoms with Gasteiger partial charge in [0.05, 0.1) is 0 Å².